The molecule has 0 radical (unpaired) electrons. The Morgan fingerprint density at radius 1 is 1.17 bits per heavy atom. The van der Waals surface area contributed by atoms with Crippen molar-refractivity contribution in [2.24, 2.45) is 0 Å². The van der Waals surface area contributed by atoms with Crippen LogP contribution in [0, 0.1) is 13.8 Å². The van der Waals surface area contributed by atoms with Crippen LogP contribution in [-0.4, -0.2) is 15.5 Å². The summed E-state index contributed by atoms with van der Waals surface area (Å²) < 4.78 is 2.06. The summed E-state index contributed by atoms with van der Waals surface area (Å²) in [6, 6.07) is 10.5. The highest BCUT2D eigenvalue weighted by atomic mass is 16.1. The van der Waals surface area contributed by atoms with E-state index in [0.29, 0.717) is 16.8 Å². The summed E-state index contributed by atoms with van der Waals surface area (Å²) >= 11 is 0. The van der Waals surface area contributed by atoms with Gasteiger partial charge in [0.25, 0.3) is 5.91 Å². The number of rotatable bonds is 3. The van der Waals surface area contributed by atoms with Crippen LogP contribution >= 0.6 is 0 Å². The number of anilines is 1. The number of carbonyl (C=O) groups is 1. The van der Waals surface area contributed by atoms with E-state index in [4.69, 9.17) is 0 Å². The maximum Gasteiger partial charge on any atom is 0.256 e. The van der Waals surface area contributed by atoms with Crippen LogP contribution < -0.4 is 10.7 Å². The molecular formula is C19H19N3O2. The fourth-order valence-electron chi connectivity index (χ4n) is 2.86. The quantitative estimate of drug-likeness (QED) is 0.805. The molecule has 2 aromatic heterocycles. The van der Waals surface area contributed by atoms with Crippen molar-refractivity contribution in [3.05, 3.63) is 69.6 Å². The molecule has 24 heavy (non-hydrogen) atoms. The Morgan fingerprint density at radius 3 is 2.67 bits per heavy atom. The van der Waals surface area contributed by atoms with E-state index in [9.17, 15) is 9.59 Å². The number of hydrogen-bond donors (Lipinski definition) is 1. The van der Waals surface area contributed by atoms with Gasteiger partial charge in [-0.1, -0.05) is 0 Å². The number of pyridine rings is 2. The molecule has 1 aromatic carbocycles. The minimum atomic E-state index is -0.280. The van der Waals surface area contributed by atoms with Crippen molar-refractivity contribution < 1.29 is 4.79 Å². The van der Waals surface area contributed by atoms with Gasteiger partial charge in [0.05, 0.1) is 5.52 Å². The second-order valence-corrected chi connectivity index (χ2v) is 5.80. The van der Waals surface area contributed by atoms with Crippen molar-refractivity contribution in [1.29, 1.82) is 0 Å². The van der Waals surface area contributed by atoms with Crippen LogP contribution in [0.3, 0.4) is 0 Å². The Labute approximate surface area is 140 Å². The molecule has 0 spiro atoms. The number of benzene rings is 1. The Morgan fingerprint density at radius 2 is 1.96 bits per heavy atom. The highest BCUT2D eigenvalue weighted by molar-refractivity contribution is 6.05. The molecule has 0 unspecified atom stereocenters. The molecule has 122 valence electrons. The van der Waals surface area contributed by atoms with Crippen LogP contribution in [0.4, 0.5) is 5.82 Å². The van der Waals surface area contributed by atoms with Crippen LogP contribution in [0.5, 0.6) is 0 Å². The van der Waals surface area contributed by atoms with Crippen LogP contribution in [0.1, 0.15) is 28.5 Å². The lowest BCUT2D eigenvalue weighted by molar-refractivity contribution is 0.102. The maximum atomic E-state index is 12.4. The lowest BCUT2D eigenvalue weighted by Gasteiger charge is -2.13. The molecule has 0 aliphatic rings. The molecule has 0 fully saturated rings. The third-order valence-electron chi connectivity index (χ3n) is 4.05. The highest BCUT2D eigenvalue weighted by Gasteiger charge is 2.11. The van der Waals surface area contributed by atoms with E-state index in [-0.39, 0.29) is 11.3 Å². The molecule has 1 amide bonds. The molecule has 1 N–H and O–H groups in total. The molecule has 0 saturated carbocycles. The van der Waals surface area contributed by atoms with Gasteiger partial charge in [-0.2, -0.15) is 0 Å². The second-order valence-electron chi connectivity index (χ2n) is 5.80. The van der Waals surface area contributed by atoms with Crippen molar-refractivity contribution in [1.82, 2.24) is 9.55 Å². The largest absolute Gasteiger partial charge is 0.345 e. The van der Waals surface area contributed by atoms with Crippen LogP contribution in [0.15, 0.2) is 47.4 Å². The van der Waals surface area contributed by atoms with Gasteiger partial charge in [0, 0.05) is 35.5 Å². The van der Waals surface area contributed by atoms with Gasteiger partial charge in [-0.05, 0) is 56.7 Å². The van der Waals surface area contributed by atoms with Gasteiger partial charge in [0.15, 0.2) is 5.43 Å². The highest BCUT2D eigenvalue weighted by Crippen LogP contribution is 2.16. The summed E-state index contributed by atoms with van der Waals surface area (Å²) in [6.07, 6.45) is 1.65. The van der Waals surface area contributed by atoms with Gasteiger partial charge in [0.2, 0.25) is 0 Å². The number of hydrogen-bond acceptors (Lipinski definition) is 3. The summed E-state index contributed by atoms with van der Waals surface area (Å²) in [4.78, 5) is 28.9. The van der Waals surface area contributed by atoms with Crippen LogP contribution in [-0.2, 0) is 6.54 Å². The lowest BCUT2D eigenvalue weighted by Crippen LogP contribution is -2.15. The van der Waals surface area contributed by atoms with Crippen LogP contribution in [0.2, 0.25) is 0 Å². The van der Waals surface area contributed by atoms with Gasteiger partial charge in [-0.3, -0.25) is 9.59 Å². The zero-order valence-electron chi connectivity index (χ0n) is 14.0. The number of nitrogens with zero attached hydrogens (tertiary/aromatic N) is 2. The average Bonchev–Trinajstić information content (AvgIpc) is 2.55. The van der Waals surface area contributed by atoms with E-state index < -0.39 is 0 Å². The number of nitrogens with one attached hydrogen (secondary N) is 1. The fourth-order valence-corrected chi connectivity index (χ4v) is 2.86. The van der Waals surface area contributed by atoms with E-state index in [1.165, 1.54) is 0 Å². The number of aromatic nitrogens is 2. The number of carbonyl (C=O) groups excluding carboxylic acids is 1. The SMILES string of the molecule is CCn1c(C)cc(=O)c2cc(C(=O)Nc3cc(C)ccn3)ccc21. The normalized spacial score (nSPS) is 10.8. The predicted octanol–water partition coefficient (Wildman–Crippen LogP) is 3.29. The van der Waals surface area contributed by atoms with Crippen LogP contribution in [0.25, 0.3) is 10.9 Å². The van der Waals surface area contributed by atoms with E-state index >= 15 is 0 Å². The monoisotopic (exact) mass is 321 g/mol. The van der Waals surface area contributed by atoms with Crippen molar-refractivity contribution in [3.63, 3.8) is 0 Å². The molecule has 0 aliphatic heterocycles. The summed E-state index contributed by atoms with van der Waals surface area (Å²) in [6.45, 7) is 6.64. The molecule has 0 atom stereocenters. The molecule has 5 heteroatoms. The Bertz CT molecular complexity index is 990. The van der Waals surface area contributed by atoms with Crippen molar-refractivity contribution in [2.75, 3.05) is 5.32 Å². The summed E-state index contributed by atoms with van der Waals surface area (Å²) in [5, 5.41) is 3.31. The van der Waals surface area contributed by atoms with E-state index in [2.05, 4.69) is 14.9 Å². The van der Waals surface area contributed by atoms with Crippen molar-refractivity contribution in [2.45, 2.75) is 27.3 Å². The topological polar surface area (TPSA) is 64.0 Å². The molecule has 3 aromatic rings. The Kier molecular flexibility index (Phi) is 4.16. The molecule has 0 bridgehead atoms. The first-order chi connectivity index (χ1) is 11.5. The van der Waals surface area contributed by atoms with Crippen molar-refractivity contribution in [3.8, 4) is 0 Å². The zero-order valence-corrected chi connectivity index (χ0v) is 14.0. The minimum absolute atomic E-state index is 0.0736. The average molecular weight is 321 g/mol. The molecule has 0 aliphatic carbocycles. The number of aryl methyl sites for hydroxylation is 3. The second kappa shape index (κ2) is 6.28. The molecule has 5 nitrogen and oxygen atoms in total. The standard InChI is InChI=1S/C19H19N3O2/c1-4-22-13(3)10-17(23)15-11-14(5-6-16(15)22)19(24)21-18-9-12(2)7-8-20-18/h5-11H,4H2,1-3H3,(H,20,21,24). The molecular weight excluding hydrogens is 302 g/mol. The van der Waals surface area contributed by atoms with Gasteiger partial charge < -0.3 is 9.88 Å². The zero-order chi connectivity index (χ0) is 17.3. The maximum absolute atomic E-state index is 12.4. The molecule has 0 saturated heterocycles. The third kappa shape index (κ3) is 2.93. The first-order valence-corrected chi connectivity index (χ1v) is 7.88. The van der Waals surface area contributed by atoms with Gasteiger partial charge >= 0.3 is 0 Å². The lowest BCUT2D eigenvalue weighted by atomic mass is 10.1. The summed E-state index contributed by atoms with van der Waals surface area (Å²) in [5.41, 5.74) is 3.13. The Balaban J connectivity index is 2.02. The predicted molar refractivity (Wildman–Crippen MR) is 95.5 cm³/mol. The van der Waals surface area contributed by atoms with Gasteiger partial charge in [-0.15, -0.1) is 0 Å². The number of fused-ring (bicyclic) bond motifs is 1. The summed E-state index contributed by atoms with van der Waals surface area (Å²) in [5.74, 6) is 0.216. The molecule has 2 heterocycles. The summed E-state index contributed by atoms with van der Waals surface area (Å²) in [7, 11) is 0. The first kappa shape index (κ1) is 15.9. The van der Waals surface area contributed by atoms with Gasteiger partial charge in [0.1, 0.15) is 5.82 Å². The van der Waals surface area contributed by atoms with Gasteiger partial charge in [-0.25, -0.2) is 4.98 Å². The first-order valence-electron chi connectivity index (χ1n) is 7.88. The Hall–Kier alpha value is -2.95. The van der Waals surface area contributed by atoms with E-state index in [1.807, 2.05) is 32.9 Å². The van der Waals surface area contributed by atoms with E-state index in [0.717, 1.165) is 23.3 Å². The smallest absolute Gasteiger partial charge is 0.256 e. The van der Waals surface area contributed by atoms with E-state index in [1.54, 1.807) is 30.5 Å². The third-order valence-corrected chi connectivity index (χ3v) is 4.05. The number of amides is 1. The van der Waals surface area contributed by atoms with Crippen molar-refractivity contribution >= 4 is 22.6 Å². The molecule has 3 rings (SSSR count). The fraction of sp³-hybridized carbons (Fsp3) is 0.211. The minimum Gasteiger partial charge on any atom is -0.345 e.